The first-order valence-electron chi connectivity index (χ1n) is 7.46. The number of hydrogen-bond donors (Lipinski definition) is 4. The van der Waals surface area contributed by atoms with Crippen molar-refractivity contribution < 1.29 is 24.2 Å². The Bertz CT molecular complexity index is 605. The Balaban J connectivity index is 2.00. The highest BCUT2D eigenvalue weighted by Gasteiger charge is 2.38. The number of rotatable bonds is 4. The first-order valence-corrected chi connectivity index (χ1v) is 7.46. The fourth-order valence-corrected chi connectivity index (χ4v) is 2.51. The Kier molecular flexibility index (Phi) is 5.01. The van der Waals surface area contributed by atoms with Crippen LogP contribution in [0.2, 0.25) is 0 Å². The van der Waals surface area contributed by atoms with Crippen molar-refractivity contribution in [1.82, 2.24) is 10.6 Å². The number of amides is 2. The van der Waals surface area contributed by atoms with Crippen LogP contribution in [-0.4, -0.2) is 45.8 Å². The smallest absolute Gasteiger partial charge is 0.252 e. The number of carbonyl (C=O) groups excluding carboxylic acids is 2. The van der Waals surface area contributed by atoms with Gasteiger partial charge in [0.15, 0.2) is 0 Å². The van der Waals surface area contributed by atoms with Crippen LogP contribution in [0.5, 0.6) is 0 Å². The molecule has 0 spiro atoms. The van der Waals surface area contributed by atoms with E-state index in [1.807, 2.05) is 0 Å². The molecule has 0 bridgehead atoms. The molecule has 0 unspecified atom stereocenters. The highest BCUT2D eigenvalue weighted by Crippen LogP contribution is 2.20. The van der Waals surface area contributed by atoms with Crippen LogP contribution in [-0.2, 0) is 4.79 Å². The molecule has 2 rings (SSSR count). The fraction of sp³-hybridized carbons (Fsp3) is 0.500. The van der Waals surface area contributed by atoms with Crippen LogP contribution in [0.1, 0.15) is 37.0 Å². The average Bonchev–Trinajstić information content (AvgIpc) is 2.79. The second-order valence-electron chi connectivity index (χ2n) is 6.30. The van der Waals surface area contributed by atoms with E-state index in [1.54, 1.807) is 0 Å². The van der Waals surface area contributed by atoms with Crippen LogP contribution in [0.4, 0.5) is 4.39 Å². The number of nitrogens with one attached hydrogen (secondary N) is 2. The predicted molar refractivity (Wildman–Crippen MR) is 81.1 cm³/mol. The Hall–Kier alpha value is -1.99. The summed E-state index contributed by atoms with van der Waals surface area (Å²) in [6.45, 7) is 3.02. The van der Waals surface area contributed by atoms with Gasteiger partial charge >= 0.3 is 0 Å². The molecule has 7 heteroatoms. The van der Waals surface area contributed by atoms with Crippen molar-refractivity contribution in [3.8, 4) is 0 Å². The highest BCUT2D eigenvalue weighted by molar-refractivity contribution is 5.99. The molecule has 3 atom stereocenters. The molecule has 0 aliphatic heterocycles. The molecule has 0 saturated heterocycles. The molecular weight excluding hydrogens is 303 g/mol. The van der Waals surface area contributed by atoms with Gasteiger partial charge in [0.05, 0.1) is 18.2 Å². The van der Waals surface area contributed by atoms with E-state index in [0.29, 0.717) is 12.8 Å². The number of hydrogen-bond acceptors (Lipinski definition) is 4. The predicted octanol–water partition coefficient (Wildman–Crippen LogP) is 0.334. The van der Waals surface area contributed by atoms with Crippen LogP contribution >= 0.6 is 0 Å². The molecule has 0 aromatic heterocycles. The minimum Gasteiger partial charge on any atom is -0.390 e. The molecule has 1 aromatic rings. The summed E-state index contributed by atoms with van der Waals surface area (Å²) < 4.78 is 13.2. The molecule has 1 aliphatic rings. The van der Waals surface area contributed by atoms with Crippen molar-refractivity contribution in [3.63, 3.8) is 0 Å². The van der Waals surface area contributed by atoms with E-state index in [0.717, 1.165) is 6.07 Å². The van der Waals surface area contributed by atoms with Crippen molar-refractivity contribution in [1.29, 1.82) is 0 Å². The molecule has 23 heavy (non-hydrogen) atoms. The van der Waals surface area contributed by atoms with E-state index >= 15 is 0 Å². The van der Waals surface area contributed by atoms with Gasteiger partial charge in [-0.2, -0.15) is 0 Å². The van der Waals surface area contributed by atoms with E-state index in [2.05, 4.69) is 10.6 Å². The van der Waals surface area contributed by atoms with E-state index < -0.39 is 41.4 Å². The molecule has 4 N–H and O–H groups in total. The third-order valence-electron chi connectivity index (χ3n) is 3.98. The van der Waals surface area contributed by atoms with Gasteiger partial charge in [-0.3, -0.25) is 9.59 Å². The summed E-state index contributed by atoms with van der Waals surface area (Å²) in [6.07, 6.45) is -1.01. The summed E-state index contributed by atoms with van der Waals surface area (Å²) in [5, 5.41) is 24.4. The quantitative estimate of drug-likeness (QED) is 0.642. The lowest BCUT2D eigenvalue weighted by atomic mass is 10.0. The zero-order valence-electron chi connectivity index (χ0n) is 13.0. The number of carbonyl (C=O) groups is 2. The Morgan fingerprint density at radius 1 is 1.26 bits per heavy atom. The van der Waals surface area contributed by atoms with Crippen molar-refractivity contribution in [2.24, 2.45) is 0 Å². The van der Waals surface area contributed by atoms with Crippen LogP contribution in [0.15, 0.2) is 24.3 Å². The lowest BCUT2D eigenvalue weighted by Gasteiger charge is -2.28. The first kappa shape index (κ1) is 17.4. The number of benzene rings is 1. The number of halogens is 1. The van der Waals surface area contributed by atoms with Gasteiger partial charge in [0.25, 0.3) is 5.91 Å². The maximum atomic E-state index is 13.2. The van der Waals surface area contributed by atoms with Gasteiger partial charge in [0.2, 0.25) is 5.91 Å². The van der Waals surface area contributed by atoms with Crippen LogP contribution in [0.25, 0.3) is 0 Å². The van der Waals surface area contributed by atoms with Crippen molar-refractivity contribution in [2.75, 3.05) is 0 Å². The largest absolute Gasteiger partial charge is 0.390 e. The van der Waals surface area contributed by atoms with Gasteiger partial charge in [-0.1, -0.05) is 6.07 Å². The van der Waals surface area contributed by atoms with Crippen LogP contribution in [0, 0.1) is 5.82 Å². The van der Waals surface area contributed by atoms with Gasteiger partial charge in [0, 0.05) is 5.56 Å². The van der Waals surface area contributed by atoms with Gasteiger partial charge in [-0.05, 0) is 44.9 Å². The number of aliphatic hydroxyl groups is 2. The van der Waals surface area contributed by atoms with Crippen molar-refractivity contribution >= 4 is 11.8 Å². The van der Waals surface area contributed by atoms with E-state index in [1.165, 1.54) is 32.0 Å². The highest BCUT2D eigenvalue weighted by atomic mass is 19.1. The molecule has 0 heterocycles. The third kappa shape index (κ3) is 4.05. The molecule has 1 saturated carbocycles. The Morgan fingerprint density at radius 3 is 2.52 bits per heavy atom. The Labute approximate surface area is 133 Å². The SMILES string of the molecule is CC(C)(NC(=O)c1cccc(F)c1)C(=O)N[C@@H]1CC[C@@H](O)[C@@H]1O. The molecule has 1 aliphatic carbocycles. The van der Waals surface area contributed by atoms with Crippen LogP contribution < -0.4 is 10.6 Å². The topological polar surface area (TPSA) is 98.7 Å². The second kappa shape index (κ2) is 6.64. The summed E-state index contributed by atoms with van der Waals surface area (Å²) in [7, 11) is 0. The Morgan fingerprint density at radius 2 is 1.96 bits per heavy atom. The summed E-state index contributed by atoms with van der Waals surface area (Å²) >= 11 is 0. The number of aliphatic hydroxyl groups excluding tert-OH is 2. The van der Waals surface area contributed by atoms with Gasteiger partial charge < -0.3 is 20.8 Å². The van der Waals surface area contributed by atoms with Gasteiger partial charge in [0.1, 0.15) is 11.4 Å². The minimum absolute atomic E-state index is 0.113. The van der Waals surface area contributed by atoms with E-state index in [9.17, 15) is 24.2 Å². The molecule has 1 aromatic carbocycles. The van der Waals surface area contributed by atoms with Gasteiger partial charge in [-0.15, -0.1) is 0 Å². The molecule has 6 nitrogen and oxygen atoms in total. The van der Waals surface area contributed by atoms with Gasteiger partial charge in [-0.25, -0.2) is 4.39 Å². The van der Waals surface area contributed by atoms with Crippen molar-refractivity contribution in [2.45, 2.75) is 50.5 Å². The minimum atomic E-state index is -1.25. The normalized spacial score (nSPS) is 24.3. The summed E-state index contributed by atoms with van der Waals surface area (Å²) in [5.41, 5.74) is -1.14. The van der Waals surface area contributed by atoms with E-state index in [4.69, 9.17) is 0 Å². The van der Waals surface area contributed by atoms with Crippen LogP contribution in [0.3, 0.4) is 0 Å². The lowest BCUT2D eigenvalue weighted by Crippen LogP contribution is -2.58. The standard InChI is InChI=1S/C16H21FN2O4/c1-16(2,15(23)18-11-6-7-12(20)13(11)21)19-14(22)9-4-3-5-10(17)8-9/h3-5,8,11-13,20-21H,6-7H2,1-2H3,(H,18,23)(H,19,22)/t11-,12-,13-/m1/s1. The zero-order valence-corrected chi connectivity index (χ0v) is 13.0. The molecule has 2 amide bonds. The second-order valence-corrected chi connectivity index (χ2v) is 6.30. The molecule has 126 valence electrons. The molecule has 0 radical (unpaired) electrons. The zero-order chi connectivity index (χ0) is 17.2. The maximum absolute atomic E-state index is 13.2. The summed E-state index contributed by atoms with van der Waals surface area (Å²) in [4.78, 5) is 24.4. The summed E-state index contributed by atoms with van der Waals surface area (Å²) in [6, 6.07) is 4.61. The van der Waals surface area contributed by atoms with Crippen molar-refractivity contribution in [3.05, 3.63) is 35.6 Å². The van der Waals surface area contributed by atoms with E-state index in [-0.39, 0.29) is 5.56 Å². The first-order chi connectivity index (χ1) is 10.7. The fourth-order valence-electron chi connectivity index (χ4n) is 2.51. The molecular formula is C16H21FN2O4. The average molecular weight is 324 g/mol. The lowest BCUT2D eigenvalue weighted by molar-refractivity contribution is -0.127. The monoisotopic (exact) mass is 324 g/mol. The summed E-state index contributed by atoms with van der Waals surface area (Å²) in [5.74, 6) is -1.60. The molecule has 1 fully saturated rings. The maximum Gasteiger partial charge on any atom is 0.252 e. The third-order valence-corrected chi connectivity index (χ3v) is 3.98.